The van der Waals surface area contributed by atoms with Gasteiger partial charge in [0.05, 0.1) is 25.7 Å². The molecular weight excluding hydrogens is 508 g/mol. The summed E-state index contributed by atoms with van der Waals surface area (Å²) in [7, 11) is 0. The van der Waals surface area contributed by atoms with Crippen LogP contribution in [0.4, 0.5) is 0 Å². The van der Waals surface area contributed by atoms with Crippen molar-refractivity contribution in [1.82, 2.24) is 4.90 Å². The molecule has 2 saturated heterocycles. The number of nitrogens with zero attached hydrogens (tertiary/aromatic N) is 2. The molecule has 0 amide bonds. The molecule has 0 radical (unpaired) electrons. The molecule has 8 heteroatoms. The highest BCUT2D eigenvalue weighted by Crippen LogP contribution is 2.35. The second-order valence-corrected chi connectivity index (χ2v) is 10.7. The van der Waals surface area contributed by atoms with Gasteiger partial charge in [-0.1, -0.05) is 97.1 Å². The predicted molar refractivity (Wildman–Crippen MR) is 151 cm³/mol. The van der Waals surface area contributed by atoms with E-state index in [1.54, 1.807) is 0 Å². The van der Waals surface area contributed by atoms with E-state index in [2.05, 4.69) is 29.2 Å². The second-order valence-electron chi connectivity index (χ2n) is 10.7. The summed E-state index contributed by atoms with van der Waals surface area (Å²) in [6.07, 6.45) is -3.43. The van der Waals surface area contributed by atoms with E-state index in [0.29, 0.717) is 32.7 Å². The summed E-state index contributed by atoms with van der Waals surface area (Å²) in [4.78, 5) is 14.3. The van der Waals surface area contributed by atoms with Crippen molar-refractivity contribution in [2.75, 3.05) is 32.7 Å². The Morgan fingerprint density at radius 3 is 1.88 bits per heavy atom. The smallest absolute Gasteiger partial charge is 0.335 e. The summed E-state index contributed by atoms with van der Waals surface area (Å²) in [5.41, 5.74) is 3.38. The van der Waals surface area contributed by atoms with Gasteiger partial charge >= 0.3 is 5.97 Å². The van der Waals surface area contributed by atoms with Crippen LogP contribution in [-0.2, 0) is 9.53 Å². The van der Waals surface area contributed by atoms with E-state index in [-0.39, 0.29) is 10.5 Å². The standard InChI is InChI=1S/C32H36N2O6/c35-27-28(36)30(32(38)39)40-31(29(27)37)34(20-10-13-23-11-4-1-5-12-23)21-18-33(19-22-34)26(24-14-6-2-7-15-24)25-16-8-3-9-17-25/h1-17,26-31,35-37H,18-22H2/p+1/b13-10+/t27-,28-,29+,30-,31+/m0/s1. The average Bonchev–Trinajstić information content (AvgIpc) is 2.98. The third kappa shape index (κ3) is 5.88. The molecule has 2 fully saturated rings. The van der Waals surface area contributed by atoms with Gasteiger partial charge in [0.2, 0.25) is 6.23 Å². The van der Waals surface area contributed by atoms with Gasteiger partial charge in [0.1, 0.15) is 12.2 Å². The maximum absolute atomic E-state index is 11.9. The summed E-state index contributed by atoms with van der Waals surface area (Å²) in [5, 5.41) is 41.8. The quantitative estimate of drug-likeness (QED) is 0.322. The zero-order valence-electron chi connectivity index (χ0n) is 22.3. The molecule has 5 rings (SSSR count). The fourth-order valence-corrected chi connectivity index (χ4v) is 6.04. The van der Waals surface area contributed by atoms with Crippen molar-refractivity contribution in [3.8, 4) is 0 Å². The maximum Gasteiger partial charge on any atom is 0.335 e. The molecule has 2 heterocycles. The van der Waals surface area contributed by atoms with Crippen LogP contribution in [0.15, 0.2) is 97.1 Å². The number of aliphatic carboxylic acids is 1. The van der Waals surface area contributed by atoms with Crippen LogP contribution in [-0.4, -0.2) is 99.1 Å². The van der Waals surface area contributed by atoms with Crippen molar-refractivity contribution in [2.24, 2.45) is 0 Å². The lowest BCUT2D eigenvalue weighted by molar-refractivity contribution is -0.976. The normalized spacial score (nSPS) is 27.1. The molecule has 210 valence electrons. The Morgan fingerprint density at radius 1 is 0.825 bits per heavy atom. The Morgan fingerprint density at radius 2 is 1.35 bits per heavy atom. The fraction of sp³-hybridized carbons (Fsp3) is 0.344. The van der Waals surface area contributed by atoms with E-state index in [0.717, 1.165) is 5.56 Å². The topological polar surface area (TPSA) is 110 Å². The Kier molecular flexibility index (Phi) is 8.75. The molecule has 0 unspecified atom stereocenters. The molecule has 2 aliphatic rings. The van der Waals surface area contributed by atoms with Gasteiger partial charge in [0.25, 0.3) is 0 Å². The summed E-state index contributed by atoms with van der Waals surface area (Å²) in [6, 6.07) is 30.5. The fourth-order valence-electron chi connectivity index (χ4n) is 6.04. The van der Waals surface area contributed by atoms with Crippen LogP contribution in [0.2, 0.25) is 0 Å². The van der Waals surface area contributed by atoms with Crippen LogP contribution in [0.5, 0.6) is 0 Å². The van der Waals surface area contributed by atoms with Gasteiger partial charge in [-0.05, 0) is 22.8 Å². The van der Waals surface area contributed by atoms with Crippen LogP contribution < -0.4 is 0 Å². The number of rotatable bonds is 8. The minimum absolute atomic E-state index is 0.0286. The number of quaternary nitrogens is 1. The zero-order valence-corrected chi connectivity index (χ0v) is 22.3. The molecule has 40 heavy (non-hydrogen) atoms. The number of aliphatic hydroxyl groups is 3. The van der Waals surface area contributed by atoms with Crippen molar-refractivity contribution < 1.29 is 34.4 Å². The number of carboxylic acid groups (broad SMARTS) is 1. The van der Waals surface area contributed by atoms with Crippen molar-refractivity contribution in [3.05, 3.63) is 114 Å². The van der Waals surface area contributed by atoms with Crippen LogP contribution in [0.25, 0.3) is 6.08 Å². The largest absolute Gasteiger partial charge is 0.479 e. The van der Waals surface area contributed by atoms with E-state index in [1.165, 1.54) is 11.1 Å². The first-order valence-electron chi connectivity index (χ1n) is 13.7. The molecule has 2 aliphatic heterocycles. The Hall–Kier alpha value is -3.37. The molecule has 8 nitrogen and oxygen atoms in total. The molecule has 0 spiro atoms. The summed E-state index contributed by atoms with van der Waals surface area (Å²) >= 11 is 0. The Balaban J connectivity index is 1.45. The van der Waals surface area contributed by atoms with Crippen LogP contribution in [0.3, 0.4) is 0 Å². The van der Waals surface area contributed by atoms with Gasteiger partial charge in [0.15, 0.2) is 12.2 Å². The summed E-state index contributed by atoms with van der Waals surface area (Å²) in [6.45, 7) is 2.85. The van der Waals surface area contributed by atoms with Gasteiger partial charge in [-0.25, -0.2) is 4.79 Å². The number of carbonyl (C=O) groups is 1. The highest BCUT2D eigenvalue weighted by molar-refractivity contribution is 5.73. The summed E-state index contributed by atoms with van der Waals surface area (Å²) < 4.78 is 6.14. The number of piperazine rings is 1. The number of aliphatic hydroxyl groups excluding tert-OH is 3. The van der Waals surface area contributed by atoms with Crippen molar-refractivity contribution in [1.29, 1.82) is 0 Å². The van der Waals surface area contributed by atoms with Gasteiger partial charge < -0.3 is 25.2 Å². The molecule has 0 saturated carbocycles. The highest BCUT2D eigenvalue weighted by Gasteiger charge is 2.55. The van der Waals surface area contributed by atoms with Crippen LogP contribution in [0.1, 0.15) is 22.7 Å². The van der Waals surface area contributed by atoms with Gasteiger partial charge in [-0.15, -0.1) is 0 Å². The number of benzene rings is 3. The number of ether oxygens (including phenoxy) is 1. The number of hydrogen-bond donors (Lipinski definition) is 4. The van der Waals surface area contributed by atoms with Crippen molar-refractivity contribution in [2.45, 2.75) is 36.7 Å². The minimum atomic E-state index is -1.72. The average molecular weight is 546 g/mol. The molecule has 0 aliphatic carbocycles. The monoisotopic (exact) mass is 545 g/mol. The van der Waals surface area contributed by atoms with Gasteiger partial charge in [0, 0.05) is 13.1 Å². The van der Waals surface area contributed by atoms with Crippen LogP contribution >= 0.6 is 0 Å². The van der Waals surface area contributed by atoms with Crippen LogP contribution in [0, 0.1) is 0 Å². The number of carboxylic acids is 1. The van der Waals surface area contributed by atoms with E-state index < -0.39 is 36.6 Å². The SMILES string of the molecule is O=C(O)[C@H]1O[C@@H]([N+]2(C/C=C/c3ccccc3)CCN(C(c3ccccc3)c3ccccc3)CC2)[C@H](O)[C@@H](O)[C@@H]1O. The van der Waals surface area contributed by atoms with E-state index in [1.807, 2.05) is 78.9 Å². The highest BCUT2D eigenvalue weighted by atomic mass is 16.6. The lowest BCUT2D eigenvalue weighted by atomic mass is 9.94. The van der Waals surface area contributed by atoms with E-state index >= 15 is 0 Å². The lowest BCUT2D eigenvalue weighted by Crippen LogP contribution is -2.73. The molecule has 3 aromatic carbocycles. The minimum Gasteiger partial charge on any atom is -0.479 e. The maximum atomic E-state index is 11.9. The first-order valence-corrected chi connectivity index (χ1v) is 13.7. The zero-order chi connectivity index (χ0) is 28.1. The number of hydrogen-bond acceptors (Lipinski definition) is 6. The first-order chi connectivity index (χ1) is 19.4. The first kappa shape index (κ1) is 28.2. The predicted octanol–water partition coefficient (Wildman–Crippen LogP) is 2.51. The Bertz CT molecular complexity index is 1220. The molecule has 0 bridgehead atoms. The van der Waals surface area contributed by atoms with E-state index in [4.69, 9.17) is 4.74 Å². The molecule has 5 atom stereocenters. The molecule has 3 aromatic rings. The second kappa shape index (κ2) is 12.4. The van der Waals surface area contributed by atoms with Crippen molar-refractivity contribution >= 4 is 12.0 Å². The molecular formula is C32H37N2O6+. The molecule has 4 N–H and O–H groups in total. The van der Waals surface area contributed by atoms with Gasteiger partial charge in [-0.2, -0.15) is 0 Å². The van der Waals surface area contributed by atoms with Crippen molar-refractivity contribution in [3.63, 3.8) is 0 Å². The molecule has 0 aromatic heterocycles. The summed E-state index contributed by atoms with van der Waals surface area (Å²) in [5.74, 6) is -1.37. The third-order valence-electron chi connectivity index (χ3n) is 8.21. The van der Waals surface area contributed by atoms with E-state index in [9.17, 15) is 25.2 Å². The van der Waals surface area contributed by atoms with Gasteiger partial charge in [-0.3, -0.25) is 9.38 Å². The lowest BCUT2D eigenvalue weighted by Gasteiger charge is -2.53. The Labute approximate surface area is 234 Å². The third-order valence-corrected chi connectivity index (χ3v) is 8.21.